The summed E-state index contributed by atoms with van der Waals surface area (Å²) in [5.74, 6) is -0.368. The van der Waals surface area contributed by atoms with Crippen LogP contribution in [-0.2, 0) is 16.0 Å². The van der Waals surface area contributed by atoms with E-state index >= 15 is 0 Å². The molecule has 0 unspecified atom stereocenters. The second-order valence-corrected chi connectivity index (χ2v) is 9.34. The van der Waals surface area contributed by atoms with Gasteiger partial charge in [-0.2, -0.15) is 0 Å². The van der Waals surface area contributed by atoms with E-state index in [1.165, 1.54) is 37.9 Å². The minimum atomic E-state index is -0.510. The number of likely N-dealkylation sites (tertiary alicyclic amines) is 2. The number of nitrogens with one attached hydrogen (secondary N) is 2. The molecule has 3 heterocycles. The molecule has 1 aromatic rings. The van der Waals surface area contributed by atoms with Crippen LogP contribution in [0.25, 0.3) is 0 Å². The molecule has 0 spiro atoms. The van der Waals surface area contributed by atoms with Crippen molar-refractivity contribution < 1.29 is 14.3 Å². The second kappa shape index (κ2) is 11.2. The topological polar surface area (TPSA) is 73.9 Å². The average Bonchev–Trinajstić information content (AvgIpc) is 2.85. The van der Waals surface area contributed by atoms with E-state index < -0.39 is 6.04 Å². The predicted octanol–water partition coefficient (Wildman–Crippen LogP) is 3.37. The Kier molecular flexibility index (Phi) is 8.04. The van der Waals surface area contributed by atoms with Gasteiger partial charge in [0.25, 0.3) is 0 Å². The molecular weight excluding hydrogens is 416 g/mol. The Morgan fingerprint density at radius 3 is 2.36 bits per heavy atom. The zero-order chi connectivity index (χ0) is 23.2. The van der Waals surface area contributed by atoms with Crippen molar-refractivity contribution in [3.63, 3.8) is 0 Å². The fraction of sp³-hybridized carbons (Fsp3) is 0.615. The van der Waals surface area contributed by atoms with Gasteiger partial charge < -0.3 is 20.3 Å². The molecule has 3 aliphatic rings. The van der Waals surface area contributed by atoms with Gasteiger partial charge in [0.1, 0.15) is 0 Å². The molecule has 0 aromatic heterocycles. The Labute approximate surface area is 197 Å². The fourth-order valence-corrected chi connectivity index (χ4v) is 5.34. The quantitative estimate of drug-likeness (QED) is 0.618. The van der Waals surface area contributed by atoms with Gasteiger partial charge in [-0.1, -0.05) is 37.6 Å². The second-order valence-electron chi connectivity index (χ2n) is 9.34. The third-order valence-electron chi connectivity index (χ3n) is 7.22. The van der Waals surface area contributed by atoms with Crippen LogP contribution in [0.5, 0.6) is 0 Å². The van der Waals surface area contributed by atoms with Crippen molar-refractivity contribution in [3.8, 4) is 0 Å². The summed E-state index contributed by atoms with van der Waals surface area (Å²) in [7, 11) is 0. The van der Waals surface area contributed by atoms with E-state index in [1.54, 1.807) is 0 Å². The van der Waals surface area contributed by atoms with Crippen LogP contribution in [0.15, 0.2) is 35.5 Å². The minimum Gasteiger partial charge on any atom is -0.463 e. The standard InChI is InChI=1S/C26H38N4O3/c1-3-19-8-10-20(11-9-19)24-23(25(31)33-4-2)22(27-26(32)28-24)18-29-16-12-21(13-17-29)30-14-6-5-7-15-30/h8-11,21,24H,3-7,12-18H2,1-2H3,(H2,27,28,32)/t24-/m1/s1. The van der Waals surface area contributed by atoms with E-state index in [9.17, 15) is 9.59 Å². The Bertz CT molecular complexity index is 853. The number of carbonyl (C=O) groups excluding carboxylic acids is 2. The monoisotopic (exact) mass is 454 g/mol. The minimum absolute atomic E-state index is 0.272. The molecule has 2 fully saturated rings. The number of hydrogen-bond donors (Lipinski definition) is 2. The first-order valence-electron chi connectivity index (χ1n) is 12.6. The number of rotatable bonds is 7. The number of aryl methyl sites for hydroxylation is 1. The number of piperidine rings is 2. The van der Waals surface area contributed by atoms with Gasteiger partial charge in [0.15, 0.2) is 0 Å². The van der Waals surface area contributed by atoms with Crippen LogP contribution in [0, 0.1) is 0 Å². The van der Waals surface area contributed by atoms with Crippen molar-refractivity contribution in [1.82, 2.24) is 20.4 Å². The molecule has 7 heteroatoms. The summed E-state index contributed by atoms with van der Waals surface area (Å²) >= 11 is 0. The van der Waals surface area contributed by atoms with Crippen molar-refractivity contribution in [2.24, 2.45) is 0 Å². The molecule has 180 valence electrons. The van der Waals surface area contributed by atoms with Crippen molar-refractivity contribution in [3.05, 3.63) is 46.7 Å². The number of hydrogen-bond acceptors (Lipinski definition) is 5. The van der Waals surface area contributed by atoms with Crippen molar-refractivity contribution in [1.29, 1.82) is 0 Å². The lowest BCUT2D eigenvalue weighted by Gasteiger charge is -2.41. The van der Waals surface area contributed by atoms with Crippen molar-refractivity contribution in [2.75, 3.05) is 39.3 Å². The Morgan fingerprint density at radius 1 is 1.03 bits per heavy atom. The van der Waals surface area contributed by atoms with Crippen LogP contribution < -0.4 is 10.6 Å². The highest BCUT2D eigenvalue weighted by molar-refractivity contribution is 5.95. The summed E-state index contributed by atoms with van der Waals surface area (Å²) in [6.45, 7) is 9.16. The highest BCUT2D eigenvalue weighted by Gasteiger charge is 2.35. The van der Waals surface area contributed by atoms with Gasteiger partial charge in [-0.05, 0) is 63.2 Å². The molecular formula is C26H38N4O3. The largest absolute Gasteiger partial charge is 0.463 e. The van der Waals surface area contributed by atoms with Gasteiger partial charge in [-0.15, -0.1) is 0 Å². The van der Waals surface area contributed by atoms with Crippen molar-refractivity contribution >= 4 is 12.0 Å². The van der Waals surface area contributed by atoms with E-state index in [1.807, 2.05) is 19.1 Å². The molecule has 0 bridgehead atoms. The maximum Gasteiger partial charge on any atom is 0.338 e. The highest BCUT2D eigenvalue weighted by atomic mass is 16.5. The van der Waals surface area contributed by atoms with E-state index in [4.69, 9.17) is 4.74 Å². The summed E-state index contributed by atoms with van der Waals surface area (Å²) in [6.07, 6.45) is 7.20. The van der Waals surface area contributed by atoms with E-state index in [0.717, 1.165) is 37.9 Å². The highest BCUT2D eigenvalue weighted by Crippen LogP contribution is 2.29. The smallest absolute Gasteiger partial charge is 0.338 e. The lowest BCUT2D eigenvalue weighted by molar-refractivity contribution is -0.139. The zero-order valence-corrected chi connectivity index (χ0v) is 20.1. The Balaban J connectivity index is 1.52. The summed E-state index contributed by atoms with van der Waals surface area (Å²) in [5.41, 5.74) is 3.29. The fourth-order valence-electron chi connectivity index (χ4n) is 5.34. The van der Waals surface area contributed by atoms with Crippen molar-refractivity contribution in [2.45, 2.75) is 64.5 Å². The maximum atomic E-state index is 13.0. The van der Waals surface area contributed by atoms with E-state index in [0.29, 0.717) is 30.5 Å². The van der Waals surface area contributed by atoms with Crippen LogP contribution in [0.3, 0.4) is 0 Å². The third-order valence-corrected chi connectivity index (χ3v) is 7.22. The first-order chi connectivity index (χ1) is 16.1. The van der Waals surface area contributed by atoms with Gasteiger partial charge >= 0.3 is 12.0 Å². The molecule has 2 saturated heterocycles. The molecule has 3 aliphatic heterocycles. The lowest BCUT2D eigenvalue weighted by Crippen LogP contribution is -2.51. The molecule has 0 radical (unpaired) electrons. The van der Waals surface area contributed by atoms with E-state index in [-0.39, 0.29) is 12.0 Å². The number of benzene rings is 1. The van der Waals surface area contributed by atoms with Gasteiger partial charge in [-0.25, -0.2) is 9.59 Å². The number of nitrogens with zero attached hydrogens (tertiary/aromatic N) is 2. The molecule has 1 aromatic carbocycles. The average molecular weight is 455 g/mol. The van der Waals surface area contributed by atoms with Crippen LogP contribution in [-0.4, -0.2) is 67.2 Å². The van der Waals surface area contributed by atoms with Gasteiger partial charge in [0.05, 0.1) is 18.2 Å². The molecule has 7 nitrogen and oxygen atoms in total. The van der Waals surface area contributed by atoms with Gasteiger partial charge in [-0.3, -0.25) is 4.90 Å². The predicted molar refractivity (Wildman–Crippen MR) is 129 cm³/mol. The van der Waals surface area contributed by atoms with Crippen LogP contribution in [0.1, 0.15) is 63.1 Å². The Morgan fingerprint density at radius 2 is 1.73 bits per heavy atom. The summed E-state index contributed by atoms with van der Waals surface area (Å²) in [5, 5.41) is 5.87. The number of amides is 2. The number of carbonyl (C=O) groups is 2. The molecule has 4 rings (SSSR count). The number of urea groups is 1. The summed E-state index contributed by atoms with van der Waals surface area (Å²) < 4.78 is 5.42. The molecule has 2 amide bonds. The third kappa shape index (κ3) is 5.76. The summed E-state index contributed by atoms with van der Waals surface area (Å²) in [6, 6.07) is 7.98. The van der Waals surface area contributed by atoms with E-state index in [2.05, 4.69) is 39.5 Å². The SMILES string of the molecule is CCOC(=O)C1=C(CN2CCC(N3CCCCC3)CC2)NC(=O)N[C@@H]1c1ccc(CC)cc1. The molecule has 33 heavy (non-hydrogen) atoms. The van der Waals surface area contributed by atoms with Crippen LogP contribution in [0.2, 0.25) is 0 Å². The lowest BCUT2D eigenvalue weighted by atomic mass is 9.93. The number of esters is 1. The number of ether oxygens (including phenoxy) is 1. The molecule has 0 aliphatic carbocycles. The summed E-state index contributed by atoms with van der Waals surface area (Å²) in [4.78, 5) is 30.6. The molecule has 1 atom stereocenters. The normalized spacial score (nSPS) is 23.2. The first-order valence-corrected chi connectivity index (χ1v) is 12.6. The van der Waals surface area contributed by atoms with Crippen LogP contribution in [0.4, 0.5) is 4.79 Å². The molecule has 2 N–H and O–H groups in total. The maximum absolute atomic E-state index is 13.0. The zero-order valence-electron chi connectivity index (χ0n) is 20.1. The van der Waals surface area contributed by atoms with Gasteiger partial charge in [0.2, 0.25) is 0 Å². The van der Waals surface area contributed by atoms with Gasteiger partial charge in [0, 0.05) is 31.4 Å². The Hall–Kier alpha value is -2.38. The van der Waals surface area contributed by atoms with Crippen LogP contribution >= 0.6 is 0 Å². The first kappa shape index (κ1) is 23.8. The molecule has 0 saturated carbocycles.